The van der Waals surface area contributed by atoms with Gasteiger partial charge in [-0.15, -0.1) is 0 Å². The lowest BCUT2D eigenvalue weighted by molar-refractivity contribution is 1.09. The first kappa shape index (κ1) is 26.5. The second kappa shape index (κ2) is 9.72. The van der Waals surface area contributed by atoms with Crippen LogP contribution in [0.4, 0.5) is 0 Å². The van der Waals surface area contributed by atoms with Crippen LogP contribution in [0.2, 0.25) is 0 Å². The molecule has 2 nitrogen and oxygen atoms in total. The maximum atomic E-state index is 2.51. The second-order valence-corrected chi connectivity index (χ2v) is 12.7. The van der Waals surface area contributed by atoms with Crippen LogP contribution in [0, 0.1) is 41.5 Å². The van der Waals surface area contributed by atoms with Crippen LogP contribution in [-0.4, -0.2) is 9.13 Å². The van der Waals surface area contributed by atoms with E-state index in [1.165, 1.54) is 99.5 Å². The number of aromatic nitrogens is 2. The van der Waals surface area contributed by atoms with Gasteiger partial charge in [0.25, 0.3) is 0 Å². The Morgan fingerprint density at radius 1 is 0.386 bits per heavy atom. The zero-order valence-electron chi connectivity index (χ0n) is 26.3. The summed E-state index contributed by atoms with van der Waals surface area (Å²) in [5.41, 5.74) is 17.6. The van der Waals surface area contributed by atoms with E-state index < -0.39 is 0 Å². The summed E-state index contributed by atoms with van der Waals surface area (Å²) in [6.45, 7) is 13.4. The Kier molecular flexibility index (Phi) is 5.86. The summed E-state index contributed by atoms with van der Waals surface area (Å²) in [5, 5.41) is 5.22. The quantitative estimate of drug-likeness (QED) is 0.201. The predicted octanol–water partition coefficient (Wildman–Crippen LogP) is 11.4. The van der Waals surface area contributed by atoms with Crippen molar-refractivity contribution >= 4 is 43.6 Å². The molecule has 0 fully saturated rings. The minimum absolute atomic E-state index is 1.22. The highest BCUT2D eigenvalue weighted by Crippen LogP contribution is 2.43. The van der Waals surface area contributed by atoms with Crippen molar-refractivity contribution in [1.29, 1.82) is 0 Å². The summed E-state index contributed by atoms with van der Waals surface area (Å²) in [4.78, 5) is 0. The molecule has 0 amide bonds. The molecule has 0 N–H and O–H groups in total. The van der Waals surface area contributed by atoms with Gasteiger partial charge in [0.2, 0.25) is 0 Å². The Labute approximate surface area is 258 Å². The predicted molar refractivity (Wildman–Crippen MR) is 189 cm³/mol. The van der Waals surface area contributed by atoms with Gasteiger partial charge in [-0.1, -0.05) is 76.9 Å². The molecule has 2 aromatic heterocycles. The van der Waals surface area contributed by atoms with Crippen molar-refractivity contribution in [2.24, 2.45) is 0 Å². The van der Waals surface area contributed by atoms with Crippen LogP contribution >= 0.6 is 0 Å². The van der Waals surface area contributed by atoms with Crippen LogP contribution in [0.1, 0.15) is 33.4 Å². The molecule has 0 aliphatic carbocycles. The first-order chi connectivity index (χ1) is 21.3. The third kappa shape index (κ3) is 3.87. The summed E-state index contributed by atoms with van der Waals surface area (Å²) < 4.78 is 5.00. The maximum Gasteiger partial charge on any atom is 0.0573 e. The highest BCUT2D eigenvalue weighted by molar-refractivity contribution is 6.12. The third-order valence-electron chi connectivity index (χ3n) is 9.54. The van der Waals surface area contributed by atoms with Gasteiger partial charge in [0.1, 0.15) is 0 Å². The SMILES string of the molecule is Cc1ccc2c(c1)c1cc(C)ccc1n2-c1cc(-c2ccccc2)c(-n2c3ccc(C)cc3c3cc(C)ccc32)c(C)c1C. The maximum absolute atomic E-state index is 2.51. The van der Waals surface area contributed by atoms with E-state index in [2.05, 4.69) is 160 Å². The van der Waals surface area contributed by atoms with Crippen molar-refractivity contribution < 1.29 is 0 Å². The number of benzene rings is 6. The lowest BCUT2D eigenvalue weighted by Crippen LogP contribution is -2.07. The van der Waals surface area contributed by atoms with E-state index in [9.17, 15) is 0 Å². The van der Waals surface area contributed by atoms with Gasteiger partial charge in [0, 0.05) is 27.1 Å². The van der Waals surface area contributed by atoms with Gasteiger partial charge in [-0.2, -0.15) is 0 Å². The molecule has 0 unspecified atom stereocenters. The van der Waals surface area contributed by atoms with Crippen molar-refractivity contribution in [1.82, 2.24) is 9.13 Å². The van der Waals surface area contributed by atoms with Gasteiger partial charge < -0.3 is 9.13 Å². The van der Waals surface area contributed by atoms with Gasteiger partial charge in [-0.05, 0) is 113 Å². The molecular weight excluding hydrogens is 532 g/mol. The van der Waals surface area contributed by atoms with E-state index in [0.29, 0.717) is 0 Å². The highest BCUT2D eigenvalue weighted by Gasteiger charge is 2.23. The number of fused-ring (bicyclic) bond motifs is 6. The van der Waals surface area contributed by atoms with E-state index in [1.54, 1.807) is 0 Å². The van der Waals surface area contributed by atoms with E-state index in [0.717, 1.165) is 0 Å². The van der Waals surface area contributed by atoms with Crippen molar-refractivity contribution in [2.45, 2.75) is 41.5 Å². The first-order valence-corrected chi connectivity index (χ1v) is 15.5. The topological polar surface area (TPSA) is 9.86 Å². The van der Waals surface area contributed by atoms with E-state index in [1.807, 2.05) is 0 Å². The molecule has 0 bridgehead atoms. The lowest BCUT2D eigenvalue weighted by Gasteiger charge is -2.23. The van der Waals surface area contributed by atoms with Crippen molar-refractivity contribution in [2.75, 3.05) is 0 Å². The van der Waals surface area contributed by atoms with Gasteiger partial charge in [0.05, 0.1) is 33.4 Å². The zero-order valence-corrected chi connectivity index (χ0v) is 26.3. The molecular formula is C42H36N2. The monoisotopic (exact) mass is 568 g/mol. The standard InChI is InChI=1S/C42H36N2/c1-25-12-16-37-33(20-25)34-21-26(2)13-17-38(34)43(37)41-24-32(31-10-8-7-9-11-31)42(30(6)29(41)5)44-39-18-14-27(3)22-35(39)36-23-28(4)15-19-40(36)44/h7-24H,1-6H3. The number of aryl methyl sites for hydroxylation is 4. The zero-order chi connectivity index (χ0) is 30.3. The molecule has 2 heterocycles. The normalized spacial score (nSPS) is 11.9. The van der Waals surface area contributed by atoms with Gasteiger partial charge in [0.15, 0.2) is 0 Å². The molecule has 0 radical (unpaired) electrons. The minimum atomic E-state index is 1.22. The number of hydrogen-bond acceptors (Lipinski definition) is 0. The van der Waals surface area contributed by atoms with Crippen LogP contribution in [0.5, 0.6) is 0 Å². The minimum Gasteiger partial charge on any atom is -0.309 e. The van der Waals surface area contributed by atoms with Gasteiger partial charge >= 0.3 is 0 Å². The largest absolute Gasteiger partial charge is 0.309 e. The first-order valence-electron chi connectivity index (χ1n) is 15.5. The van der Waals surface area contributed by atoms with Gasteiger partial charge in [-0.25, -0.2) is 0 Å². The lowest BCUT2D eigenvalue weighted by atomic mass is 9.95. The van der Waals surface area contributed by atoms with Crippen LogP contribution < -0.4 is 0 Å². The molecule has 0 saturated carbocycles. The van der Waals surface area contributed by atoms with E-state index in [4.69, 9.17) is 0 Å². The van der Waals surface area contributed by atoms with Crippen LogP contribution in [0.25, 0.3) is 66.1 Å². The van der Waals surface area contributed by atoms with E-state index >= 15 is 0 Å². The summed E-state index contributed by atoms with van der Waals surface area (Å²) in [6.07, 6.45) is 0. The molecule has 0 saturated heterocycles. The fourth-order valence-electron chi connectivity index (χ4n) is 7.25. The Hall–Kier alpha value is -5.08. The fraction of sp³-hybridized carbons (Fsp3) is 0.143. The highest BCUT2D eigenvalue weighted by atomic mass is 15.0. The summed E-state index contributed by atoms with van der Waals surface area (Å²) in [7, 11) is 0. The van der Waals surface area contributed by atoms with Crippen molar-refractivity contribution in [3.05, 3.63) is 143 Å². The van der Waals surface area contributed by atoms with Crippen LogP contribution in [0.3, 0.4) is 0 Å². The average molecular weight is 569 g/mol. The smallest absolute Gasteiger partial charge is 0.0573 e. The van der Waals surface area contributed by atoms with Crippen molar-refractivity contribution in [3.63, 3.8) is 0 Å². The molecule has 44 heavy (non-hydrogen) atoms. The number of hydrogen-bond donors (Lipinski definition) is 0. The Morgan fingerprint density at radius 2 is 0.795 bits per heavy atom. The Bertz CT molecular complexity index is 2310. The molecule has 8 rings (SSSR count). The van der Waals surface area contributed by atoms with Crippen LogP contribution in [-0.2, 0) is 0 Å². The second-order valence-electron chi connectivity index (χ2n) is 12.7. The van der Waals surface area contributed by atoms with Crippen molar-refractivity contribution in [3.8, 4) is 22.5 Å². The molecule has 0 atom stereocenters. The average Bonchev–Trinajstić information content (AvgIpc) is 3.50. The number of nitrogens with zero attached hydrogens (tertiary/aromatic N) is 2. The number of rotatable bonds is 3. The third-order valence-corrected chi connectivity index (χ3v) is 9.54. The molecule has 0 aliphatic heterocycles. The summed E-state index contributed by atoms with van der Waals surface area (Å²) in [6, 6.07) is 40.8. The molecule has 0 spiro atoms. The molecule has 2 heteroatoms. The van der Waals surface area contributed by atoms with E-state index in [-0.39, 0.29) is 0 Å². The van der Waals surface area contributed by atoms with Crippen LogP contribution in [0.15, 0.2) is 109 Å². The molecule has 6 aromatic carbocycles. The Balaban J connectivity index is 1.54. The molecule has 214 valence electrons. The van der Waals surface area contributed by atoms with Gasteiger partial charge in [-0.3, -0.25) is 0 Å². The molecule has 0 aliphatic rings. The molecule has 8 aromatic rings. The summed E-state index contributed by atoms with van der Waals surface area (Å²) >= 11 is 0. The fourth-order valence-corrected chi connectivity index (χ4v) is 7.25. The summed E-state index contributed by atoms with van der Waals surface area (Å²) in [5.74, 6) is 0. The Morgan fingerprint density at radius 3 is 1.23 bits per heavy atom.